The minimum atomic E-state index is -0.240. The first-order valence-corrected chi connectivity index (χ1v) is 3.80. The maximum atomic E-state index is 9.28. The fourth-order valence-corrected chi connectivity index (χ4v) is 1.41. The second-order valence-electron chi connectivity index (χ2n) is 2.71. The van der Waals surface area contributed by atoms with Crippen molar-refractivity contribution in [3.05, 3.63) is 11.6 Å². The molecule has 1 heterocycles. The zero-order valence-corrected chi connectivity index (χ0v) is 6.56. The van der Waals surface area contributed by atoms with Crippen LogP contribution in [0, 0.1) is 5.92 Å². The number of nitrogens with one attached hydrogen (secondary N) is 1. The first kappa shape index (κ1) is 8.05. The van der Waals surface area contributed by atoms with Crippen molar-refractivity contribution < 1.29 is 5.11 Å². The van der Waals surface area contributed by atoms with Crippen LogP contribution in [0.5, 0.6) is 0 Å². The van der Waals surface area contributed by atoms with Crippen LogP contribution in [0.1, 0.15) is 6.42 Å². The maximum absolute atomic E-state index is 9.28. The molecule has 2 N–H and O–H groups in total. The van der Waals surface area contributed by atoms with E-state index >= 15 is 0 Å². The topological polar surface area (TPSA) is 32.3 Å². The predicted molar refractivity (Wildman–Crippen MR) is 42.0 cm³/mol. The third-order valence-corrected chi connectivity index (χ3v) is 1.94. The van der Waals surface area contributed by atoms with Gasteiger partial charge in [-0.2, -0.15) is 0 Å². The summed E-state index contributed by atoms with van der Waals surface area (Å²) in [5.41, 5.74) is 0. The van der Waals surface area contributed by atoms with E-state index in [2.05, 4.69) is 11.9 Å². The Morgan fingerprint density at radius 1 is 1.70 bits per heavy atom. The van der Waals surface area contributed by atoms with Gasteiger partial charge in [-0.3, -0.25) is 0 Å². The molecule has 0 aromatic carbocycles. The van der Waals surface area contributed by atoms with E-state index in [1.807, 2.05) is 0 Å². The number of hydrogen-bond donors (Lipinski definition) is 2. The standard InChI is InChI=1S/C7H12ClNO/c1-5(8)2-6-3-9-4-7(6)10/h6-7,9-10H,1-4H2/t6-,7-/m1/s1. The lowest BCUT2D eigenvalue weighted by Gasteiger charge is -2.10. The number of aliphatic hydroxyl groups excluding tert-OH is 1. The number of hydrogen-bond acceptors (Lipinski definition) is 2. The lowest BCUT2D eigenvalue weighted by atomic mass is 10.0. The van der Waals surface area contributed by atoms with E-state index in [1.165, 1.54) is 0 Å². The summed E-state index contributed by atoms with van der Waals surface area (Å²) in [6.07, 6.45) is 0.478. The van der Waals surface area contributed by atoms with Crippen LogP contribution in [0.4, 0.5) is 0 Å². The van der Waals surface area contributed by atoms with E-state index in [0.717, 1.165) is 13.0 Å². The molecule has 10 heavy (non-hydrogen) atoms. The summed E-state index contributed by atoms with van der Waals surface area (Å²) in [6.45, 7) is 5.12. The summed E-state index contributed by atoms with van der Waals surface area (Å²) < 4.78 is 0. The molecule has 2 atom stereocenters. The van der Waals surface area contributed by atoms with Crippen molar-refractivity contribution in [2.75, 3.05) is 13.1 Å². The van der Waals surface area contributed by atoms with Gasteiger partial charge in [0, 0.05) is 24.0 Å². The van der Waals surface area contributed by atoms with Gasteiger partial charge in [-0.15, -0.1) is 0 Å². The van der Waals surface area contributed by atoms with E-state index in [0.29, 0.717) is 11.6 Å². The fourth-order valence-electron chi connectivity index (χ4n) is 1.21. The first-order chi connectivity index (χ1) is 4.70. The van der Waals surface area contributed by atoms with E-state index in [-0.39, 0.29) is 12.0 Å². The molecule has 0 aromatic rings. The fraction of sp³-hybridized carbons (Fsp3) is 0.714. The van der Waals surface area contributed by atoms with Crippen LogP contribution in [0.3, 0.4) is 0 Å². The average Bonchev–Trinajstić information content (AvgIpc) is 2.15. The highest BCUT2D eigenvalue weighted by atomic mass is 35.5. The molecule has 0 bridgehead atoms. The Kier molecular flexibility index (Phi) is 2.72. The number of aliphatic hydroxyl groups is 1. The molecule has 1 rings (SSSR count). The molecule has 1 fully saturated rings. The Hall–Kier alpha value is -0.0500. The van der Waals surface area contributed by atoms with Crippen LogP contribution >= 0.6 is 11.6 Å². The zero-order valence-electron chi connectivity index (χ0n) is 5.81. The molecule has 1 saturated heterocycles. The Morgan fingerprint density at radius 2 is 2.40 bits per heavy atom. The van der Waals surface area contributed by atoms with Crippen molar-refractivity contribution in [1.29, 1.82) is 0 Å². The van der Waals surface area contributed by atoms with Gasteiger partial charge >= 0.3 is 0 Å². The van der Waals surface area contributed by atoms with Crippen LogP contribution in [-0.4, -0.2) is 24.3 Å². The molecule has 58 valence electrons. The summed E-state index contributed by atoms with van der Waals surface area (Å²) in [5, 5.41) is 13.0. The number of allylic oxidation sites excluding steroid dienone is 1. The Balaban J connectivity index is 2.33. The lowest BCUT2D eigenvalue weighted by Crippen LogP contribution is -2.17. The normalized spacial score (nSPS) is 32.6. The summed E-state index contributed by atoms with van der Waals surface area (Å²) >= 11 is 5.59. The number of rotatable bonds is 2. The third kappa shape index (κ3) is 1.97. The van der Waals surface area contributed by atoms with Gasteiger partial charge in [0.2, 0.25) is 0 Å². The van der Waals surface area contributed by atoms with Crippen molar-refractivity contribution in [3.8, 4) is 0 Å². The molecule has 2 nitrogen and oxygen atoms in total. The molecule has 1 aliphatic heterocycles. The largest absolute Gasteiger partial charge is 0.391 e. The highest BCUT2D eigenvalue weighted by Crippen LogP contribution is 2.19. The smallest absolute Gasteiger partial charge is 0.0708 e. The van der Waals surface area contributed by atoms with Gasteiger partial charge in [0.05, 0.1) is 6.10 Å². The quantitative estimate of drug-likeness (QED) is 0.625. The molecular formula is C7H12ClNO. The highest BCUT2D eigenvalue weighted by Gasteiger charge is 2.24. The van der Waals surface area contributed by atoms with Gasteiger partial charge in [-0.05, 0) is 6.42 Å². The van der Waals surface area contributed by atoms with Gasteiger partial charge in [-0.25, -0.2) is 0 Å². The van der Waals surface area contributed by atoms with Gasteiger partial charge in [0.1, 0.15) is 0 Å². The van der Waals surface area contributed by atoms with Crippen LogP contribution in [0.2, 0.25) is 0 Å². The van der Waals surface area contributed by atoms with Crippen molar-refractivity contribution in [1.82, 2.24) is 5.32 Å². The number of β-amino-alcohol motifs (C(OH)–C–C–N with tert-alkyl or cyclic N) is 1. The molecule has 0 aliphatic carbocycles. The Bertz CT molecular complexity index is 138. The molecular weight excluding hydrogens is 150 g/mol. The second-order valence-corrected chi connectivity index (χ2v) is 3.24. The van der Waals surface area contributed by atoms with Gasteiger partial charge < -0.3 is 10.4 Å². The first-order valence-electron chi connectivity index (χ1n) is 3.42. The van der Waals surface area contributed by atoms with E-state index in [9.17, 15) is 5.11 Å². The molecule has 0 saturated carbocycles. The minimum Gasteiger partial charge on any atom is -0.391 e. The van der Waals surface area contributed by atoms with Gasteiger partial charge in [0.15, 0.2) is 0 Å². The predicted octanol–water partition coefficient (Wildman–Crippen LogP) is 0.709. The van der Waals surface area contributed by atoms with Gasteiger partial charge in [-0.1, -0.05) is 18.2 Å². The molecule has 0 amide bonds. The van der Waals surface area contributed by atoms with Crippen LogP contribution in [0.25, 0.3) is 0 Å². The molecule has 0 unspecified atom stereocenters. The maximum Gasteiger partial charge on any atom is 0.0708 e. The molecule has 3 heteroatoms. The van der Waals surface area contributed by atoms with Crippen molar-refractivity contribution in [2.45, 2.75) is 12.5 Å². The lowest BCUT2D eigenvalue weighted by molar-refractivity contribution is 0.148. The Morgan fingerprint density at radius 3 is 2.80 bits per heavy atom. The summed E-state index contributed by atoms with van der Waals surface area (Å²) in [4.78, 5) is 0. The van der Waals surface area contributed by atoms with E-state index in [4.69, 9.17) is 11.6 Å². The van der Waals surface area contributed by atoms with E-state index < -0.39 is 0 Å². The van der Waals surface area contributed by atoms with Crippen LogP contribution < -0.4 is 5.32 Å². The molecule has 1 aliphatic rings. The molecule has 0 spiro atoms. The molecule has 0 radical (unpaired) electrons. The minimum absolute atomic E-state index is 0.240. The number of halogens is 1. The molecule has 0 aromatic heterocycles. The average molecular weight is 162 g/mol. The Labute approximate surface area is 65.9 Å². The van der Waals surface area contributed by atoms with Crippen molar-refractivity contribution in [3.63, 3.8) is 0 Å². The van der Waals surface area contributed by atoms with E-state index in [1.54, 1.807) is 0 Å². The highest BCUT2D eigenvalue weighted by molar-refractivity contribution is 6.29. The van der Waals surface area contributed by atoms with Crippen LogP contribution in [-0.2, 0) is 0 Å². The van der Waals surface area contributed by atoms with Crippen LogP contribution in [0.15, 0.2) is 11.6 Å². The zero-order chi connectivity index (χ0) is 7.56. The summed E-state index contributed by atoms with van der Waals surface area (Å²) in [5.74, 6) is 0.269. The summed E-state index contributed by atoms with van der Waals surface area (Å²) in [7, 11) is 0. The summed E-state index contributed by atoms with van der Waals surface area (Å²) in [6, 6.07) is 0. The second kappa shape index (κ2) is 3.37. The van der Waals surface area contributed by atoms with Gasteiger partial charge in [0.25, 0.3) is 0 Å². The van der Waals surface area contributed by atoms with Crippen molar-refractivity contribution >= 4 is 11.6 Å². The monoisotopic (exact) mass is 161 g/mol. The van der Waals surface area contributed by atoms with Crippen molar-refractivity contribution in [2.24, 2.45) is 5.92 Å². The third-order valence-electron chi connectivity index (χ3n) is 1.79. The SMILES string of the molecule is C=C(Cl)C[C@@H]1CNC[C@H]1O.